The molecule has 0 unspecified atom stereocenters. The molecule has 8 nitrogen and oxygen atoms in total. The molecular weight excluding hydrogens is 348 g/mol. The lowest BCUT2D eigenvalue weighted by Gasteiger charge is -2.23. The predicted octanol–water partition coefficient (Wildman–Crippen LogP) is -1.22. The summed E-state index contributed by atoms with van der Waals surface area (Å²) in [5.74, 6) is -0.233. The number of ether oxygens (including phenoxy) is 1. The van der Waals surface area contributed by atoms with Crippen LogP contribution in [0.4, 0.5) is 0 Å². The average molecular weight is 375 g/mol. The second-order valence-corrected chi connectivity index (χ2v) is 7.12. The Balaban J connectivity index is 1.78. The van der Waals surface area contributed by atoms with Crippen molar-refractivity contribution in [2.45, 2.75) is 26.4 Å². The number of nitrogens with zero attached hydrogens (tertiary/aromatic N) is 2. The topological polar surface area (TPSA) is 86.8 Å². The molecule has 2 N–H and O–H groups in total. The number of benzene rings is 1. The van der Waals surface area contributed by atoms with E-state index in [1.165, 1.54) is 14.0 Å². The minimum atomic E-state index is -0.456. The molecule has 0 atom stereocenters. The number of hydrogen-bond acceptors (Lipinski definition) is 4. The number of carbonyl (C=O) groups is 1. The number of nitrogens with one attached hydrogen (secondary N) is 2. The third kappa shape index (κ3) is 4.28. The quantitative estimate of drug-likeness (QED) is 0.662. The number of hydrogen-bond donors (Lipinski definition) is 2. The fraction of sp³-hybridized carbons (Fsp3) is 0.526. The van der Waals surface area contributed by atoms with E-state index in [1.807, 2.05) is 0 Å². The van der Waals surface area contributed by atoms with Crippen LogP contribution in [0, 0.1) is 0 Å². The average Bonchev–Trinajstić information content (AvgIpc) is 2.66. The van der Waals surface area contributed by atoms with E-state index >= 15 is 0 Å². The summed E-state index contributed by atoms with van der Waals surface area (Å²) in [6, 6.07) is 6.62. The Morgan fingerprint density at radius 1 is 1.22 bits per heavy atom. The first kappa shape index (κ1) is 19.3. The van der Waals surface area contributed by atoms with Crippen LogP contribution in [0.15, 0.2) is 33.9 Å². The first-order chi connectivity index (χ1) is 13.0. The standard InChI is InChI=1S/C19H26N4O4/c1-14(2)23-18(25)15-5-3-4-6-16(15)22(19(23)26)13-17(24)20-7-8-21-9-11-27-12-10-21/h3-6,14H,7-13H2,1-2H3,(H,20,24)/p+1. The minimum Gasteiger partial charge on any atom is -0.370 e. The van der Waals surface area contributed by atoms with Crippen molar-refractivity contribution < 1.29 is 14.4 Å². The monoisotopic (exact) mass is 375 g/mol. The molecule has 1 aromatic heterocycles. The van der Waals surface area contributed by atoms with E-state index < -0.39 is 5.69 Å². The summed E-state index contributed by atoms with van der Waals surface area (Å²) in [7, 11) is 0. The fourth-order valence-electron chi connectivity index (χ4n) is 3.44. The van der Waals surface area contributed by atoms with Crippen LogP contribution in [-0.2, 0) is 16.1 Å². The minimum absolute atomic E-state index is 0.106. The molecule has 1 fully saturated rings. The van der Waals surface area contributed by atoms with E-state index in [2.05, 4.69) is 5.32 Å². The molecule has 2 aromatic rings. The largest absolute Gasteiger partial charge is 0.370 e. The van der Waals surface area contributed by atoms with E-state index in [0.29, 0.717) is 17.4 Å². The number of carbonyl (C=O) groups excluding carboxylic acids is 1. The van der Waals surface area contributed by atoms with Gasteiger partial charge in [-0.05, 0) is 26.0 Å². The molecule has 146 valence electrons. The molecule has 0 saturated carbocycles. The molecule has 27 heavy (non-hydrogen) atoms. The van der Waals surface area contributed by atoms with Crippen LogP contribution in [0.1, 0.15) is 19.9 Å². The van der Waals surface area contributed by atoms with Gasteiger partial charge in [0.15, 0.2) is 0 Å². The third-order valence-corrected chi connectivity index (χ3v) is 4.90. The van der Waals surface area contributed by atoms with E-state index in [4.69, 9.17) is 4.74 Å². The molecule has 1 saturated heterocycles. The summed E-state index contributed by atoms with van der Waals surface area (Å²) >= 11 is 0. The van der Waals surface area contributed by atoms with Gasteiger partial charge >= 0.3 is 5.69 Å². The van der Waals surface area contributed by atoms with Gasteiger partial charge in [-0.15, -0.1) is 0 Å². The van der Waals surface area contributed by atoms with Crippen LogP contribution in [0.2, 0.25) is 0 Å². The Kier molecular flexibility index (Phi) is 6.08. The van der Waals surface area contributed by atoms with Gasteiger partial charge in [0, 0.05) is 6.04 Å². The highest BCUT2D eigenvalue weighted by molar-refractivity contribution is 5.81. The van der Waals surface area contributed by atoms with Crippen molar-refractivity contribution in [3.63, 3.8) is 0 Å². The molecule has 1 amide bonds. The molecule has 0 radical (unpaired) electrons. The predicted molar refractivity (Wildman–Crippen MR) is 102 cm³/mol. The van der Waals surface area contributed by atoms with Crippen LogP contribution in [0.3, 0.4) is 0 Å². The summed E-state index contributed by atoms with van der Waals surface area (Å²) in [6.07, 6.45) is 0. The summed E-state index contributed by atoms with van der Waals surface area (Å²) < 4.78 is 7.91. The van der Waals surface area contributed by atoms with Crippen LogP contribution >= 0.6 is 0 Å². The van der Waals surface area contributed by atoms with E-state index in [9.17, 15) is 14.4 Å². The lowest BCUT2D eigenvalue weighted by molar-refractivity contribution is -0.906. The lowest BCUT2D eigenvalue weighted by Crippen LogP contribution is -3.14. The number of aromatic nitrogens is 2. The first-order valence-corrected chi connectivity index (χ1v) is 9.41. The molecule has 8 heteroatoms. The van der Waals surface area contributed by atoms with Gasteiger partial charge in [0.25, 0.3) is 5.56 Å². The van der Waals surface area contributed by atoms with Crippen LogP contribution in [0.25, 0.3) is 10.9 Å². The molecule has 3 rings (SSSR count). The Morgan fingerprint density at radius 2 is 1.93 bits per heavy atom. The maximum atomic E-state index is 12.8. The third-order valence-electron chi connectivity index (χ3n) is 4.90. The number of para-hydroxylation sites is 1. The summed E-state index contributed by atoms with van der Waals surface area (Å²) in [5, 5.41) is 3.33. The highest BCUT2D eigenvalue weighted by Gasteiger charge is 2.17. The van der Waals surface area contributed by atoms with Gasteiger partial charge in [-0.2, -0.15) is 0 Å². The van der Waals surface area contributed by atoms with Gasteiger partial charge in [-0.1, -0.05) is 12.1 Å². The van der Waals surface area contributed by atoms with Crippen molar-refractivity contribution in [3.8, 4) is 0 Å². The van der Waals surface area contributed by atoms with Crippen LogP contribution < -0.4 is 21.5 Å². The zero-order valence-electron chi connectivity index (χ0n) is 15.9. The summed E-state index contributed by atoms with van der Waals surface area (Å²) in [5.41, 5.74) is -0.292. The lowest BCUT2D eigenvalue weighted by atomic mass is 10.2. The zero-order chi connectivity index (χ0) is 19.4. The zero-order valence-corrected chi connectivity index (χ0v) is 15.9. The van der Waals surface area contributed by atoms with Crippen molar-refractivity contribution >= 4 is 16.8 Å². The van der Waals surface area contributed by atoms with E-state index in [1.54, 1.807) is 38.1 Å². The van der Waals surface area contributed by atoms with Crippen LogP contribution in [-0.4, -0.2) is 54.4 Å². The Hall–Kier alpha value is -2.45. The molecule has 0 bridgehead atoms. The summed E-state index contributed by atoms with van der Waals surface area (Å²) in [6.45, 7) is 8.23. The van der Waals surface area contributed by atoms with Gasteiger partial charge in [0.05, 0.1) is 37.2 Å². The van der Waals surface area contributed by atoms with E-state index in [0.717, 1.165) is 32.8 Å². The van der Waals surface area contributed by atoms with Crippen molar-refractivity contribution in [1.29, 1.82) is 0 Å². The molecule has 0 aliphatic carbocycles. The molecule has 0 spiro atoms. The van der Waals surface area contributed by atoms with Crippen molar-refractivity contribution in [3.05, 3.63) is 45.1 Å². The maximum absolute atomic E-state index is 12.8. The van der Waals surface area contributed by atoms with Gasteiger partial charge in [-0.3, -0.25) is 18.7 Å². The number of fused-ring (bicyclic) bond motifs is 1. The second kappa shape index (κ2) is 8.49. The molecule has 1 aliphatic rings. The summed E-state index contributed by atoms with van der Waals surface area (Å²) in [4.78, 5) is 39.3. The normalized spacial score (nSPS) is 15.4. The molecule has 1 aliphatic heterocycles. The highest BCUT2D eigenvalue weighted by atomic mass is 16.5. The SMILES string of the molecule is CC(C)n1c(=O)c2ccccc2n(CC(=O)NCC[NH+]2CCOCC2)c1=O. The smallest absolute Gasteiger partial charge is 0.332 e. The Labute approximate surface area is 157 Å². The van der Waals surface area contributed by atoms with Gasteiger partial charge in [-0.25, -0.2) is 4.79 Å². The molecular formula is C19H27N4O4+. The fourth-order valence-corrected chi connectivity index (χ4v) is 3.44. The van der Waals surface area contributed by atoms with Gasteiger partial charge in [0.1, 0.15) is 19.6 Å². The van der Waals surface area contributed by atoms with E-state index in [-0.39, 0.29) is 24.1 Å². The van der Waals surface area contributed by atoms with Crippen LogP contribution in [0.5, 0.6) is 0 Å². The number of rotatable bonds is 6. The first-order valence-electron chi connectivity index (χ1n) is 9.41. The van der Waals surface area contributed by atoms with Crippen molar-refractivity contribution in [2.24, 2.45) is 0 Å². The Bertz CT molecular complexity index is 925. The number of morpholine rings is 1. The van der Waals surface area contributed by atoms with Gasteiger partial charge in [0.2, 0.25) is 5.91 Å². The molecule has 1 aromatic carbocycles. The maximum Gasteiger partial charge on any atom is 0.332 e. The number of quaternary nitrogens is 1. The second-order valence-electron chi connectivity index (χ2n) is 7.12. The Morgan fingerprint density at radius 3 is 2.63 bits per heavy atom. The van der Waals surface area contributed by atoms with Crippen molar-refractivity contribution in [2.75, 3.05) is 39.4 Å². The van der Waals surface area contributed by atoms with Gasteiger partial charge < -0.3 is 15.0 Å². The number of amides is 1. The molecule has 2 heterocycles. The highest BCUT2D eigenvalue weighted by Crippen LogP contribution is 2.09. The van der Waals surface area contributed by atoms with Crippen molar-refractivity contribution in [1.82, 2.24) is 14.5 Å².